The Morgan fingerprint density at radius 3 is 2.02 bits per heavy atom. The quantitative estimate of drug-likeness (QED) is 0.113. The van der Waals surface area contributed by atoms with Crippen LogP contribution < -0.4 is 29.6 Å². The summed E-state index contributed by atoms with van der Waals surface area (Å²) < 4.78 is 23.2. The van der Waals surface area contributed by atoms with Crippen LogP contribution in [0.1, 0.15) is 53.7 Å². The van der Waals surface area contributed by atoms with Gasteiger partial charge >= 0.3 is 0 Å². The fourth-order valence-electron chi connectivity index (χ4n) is 6.18. The minimum absolute atomic E-state index is 0.0607. The van der Waals surface area contributed by atoms with Crippen LogP contribution in [0.5, 0.6) is 23.0 Å². The second-order valence-corrected chi connectivity index (χ2v) is 12.6. The Labute approximate surface area is 293 Å². The van der Waals surface area contributed by atoms with Gasteiger partial charge in [-0.05, 0) is 71.4 Å². The zero-order valence-corrected chi connectivity index (χ0v) is 29.1. The minimum atomic E-state index is -0.867. The number of carbonyl (C=O) groups excluding carboxylic acids is 3. The van der Waals surface area contributed by atoms with Gasteiger partial charge in [-0.15, -0.1) is 0 Å². The molecule has 1 aliphatic heterocycles. The predicted molar refractivity (Wildman–Crippen MR) is 193 cm³/mol. The molecule has 1 heterocycles. The lowest BCUT2D eigenvalue weighted by Gasteiger charge is -2.22. The highest BCUT2D eigenvalue weighted by molar-refractivity contribution is 5.93. The van der Waals surface area contributed by atoms with Crippen LogP contribution in [0.25, 0.3) is 6.08 Å². The molecule has 2 amide bonds. The Balaban J connectivity index is 1.46. The van der Waals surface area contributed by atoms with E-state index in [-0.39, 0.29) is 17.9 Å². The molecule has 1 aliphatic rings. The Morgan fingerprint density at radius 1 is 0.780 bits per heavy atom. The highest BCUT2D eigenvalue weighted by Gasteiger charge is 2.43. The fraction of sp³-hybridized carbons (Fsp3) is 0.293. The number of hydrogen-bond acceptors (Lipinski definition) is 7. The Kier molecular flexibility index (Phi) is 11.9. The molecule has 9 heteroatoms. The second-order valence-electron chi connectivity index (χ2n) is 12.6. The summed E-state index contributed by atoms with van der Waals surface area (Å²) in [6.07, 6.45) is 4.19. The van der Waals surface area contributed by atoms with Crippen molar-refractivity contribution in [3.05, 3.63) is 125 Å². The van der Waals surface area contributed by atoms with Crippen molar-refractivity contribution in [2.24, 2.45) is 5.92 Å². The maximum atomic E-state index is 14.2. The smallest absolute Gasteiger partial charge is 0.244 e. The van der Waals surface area contributed by atoms with E-state index < -0.39 is 24.0 Å². The van der Waals surface area contributed by atoms with Gasteiger partial charge < -0.3 is 34.4 Å². The summed E-state index contributed by atoms with van der Waals surface area (Å²) >= 11 is 0. The van der Waals surface area contributed by atoms with Gasteiger partial charge in [-0.25, -0.2) is 0 Å². The first-order chi connectivity index (χ1) is 24.2. The molecule has 0 saturated heterocycles. The number of hydrogen-bond donors (Lipinski definition) is 2. The van der Waals surface area contributed by atoms with Gasteiger partial charge in [-0.2, -0.15) is 0 Å². The van der Waals surface area contributed by atoms with Gasteiger partial charge in [0, 0.05) is 17.7 Å². The van der Waals surface area contributed by atoms with E-state index in [1.807, 2.05) is 60.7 Å². The number of methoxy groups -OCH3 is 3. The summed E-state index contributed by atoms with van der Waals surface area (Å²) in [5.41, 5.74) is 3.94. The van der Waals surface area contributed by atoms with Crippen LogP contribution in [0.4, 0.5) is 0 Å². The molecule has 50 heavy (non-hydrogen) atoms. The monoisotopic (exact) mass is 676 g/mol. The van der Waals surface area contributed by atoms with Gasteiger partial charge in [-0.1, -0.05) is 80.6 Å². The van der Waals surface area contributed by atoms with Gasteiger partial charge in [-0.3, -0.25) is 9.59 Å². The number of carbonyl (C=O) groups is 3. The third-order valence-electron chi connectivity index (χ3n) is 8.88. The number of nitrogens with one attached hydrogen (secondary N) is 2. The van der Waals surface area contributed by atoms with Crippen molar-refractivity contribution in [3.8, 4) is 23.0 Å². The third kappa shape index (κ3) is 8.52. The molecule has 0 saturated carbocycles. The van der Waals surface area contributed by atoms with Crippen LogP contribution in [0, 0.1) is 5.92 Å². The first-order valence-corrected chi connectivity index (χ1v) is 16.7. The Morgan fingerprint density at radius 2 is 1.42 bits per heavy atom. The van der Waals surface area contributed by atoms with Crippen LogP contribution in [0.15, 0.2) is 97.1 Å². The van der Waals surface area contributed by atoms with Crippen LogP contribution in [-0.4, -0.2) is 51.5 Å². The Hall–Kier alpha value is -5.57. The summed E-state index contributed by atoms with van der Waals surface area (Å²) in [7, 11) is 4.61. The molecular weight excluding hydrogens is 632 g/mol. The summed E-state index contributed by atoms with van der Waals surface area (Å²) in [4.78, 5) is 39.6. The molecule has 2 N–H and O–H groups in total. The van der Waals surface area contributed by atoms with Gasteiger partial charge in [0.05, 0.1) is 27.4 Å². The maximum Gasteiger partial charge on any atom is 0.244 e. The van der Waals surface area contributed by atoms with Gasteiger partial charge in [0.1, 0.15) is 18.3 Å². The average molecular weight is 677 g/mol. The first kappa shape index (κ1) is 35.7. The third-order valence-corrected chi connectivity index (χ3v) is 8.88. The van der Waals surface area contributed by atoms with Crippen LogP contribution in [0.2, 0.25) is 0 Å². The average Bonchev–Trinajstić information content (AvgIpc) is 3.53. The molecule has 4 aromatic rings. The lowest BCUT2D eigenvalue weighted by atomic mass is 9.88. The molecule has 4 atom stereocenters. The van der Waals surface area contributed by atoms with E-state index in [4.69, 9.17) is 18.9 Å². The Bertz CT molecular complexity index is 1810. The highest BCUT2D eigenvalue weighted by atomic mass is 16.5. The van der Waals surface area contributed by atoms with Crippen molar-refractivity contribution in [3.63, 3.8) is 0 Å². The number of ether oxygens (including phenoxy) is 4. The number of benzene rings is 4. The first-order valence-electron chi connectivity index (χ1n) is 16.7. The SMILES string of the molecule is COc1ccc(C2Oc3c(OC)cc(/C=C/C(=O)NC(Cc4ccccc4)C(C)C)cc3C2C(=O)NC(C=O)Cc2ccccc2)cc1OC. The van der Waals surface area contributed by atoms with Gasteiger partial charge in [0.2, 0.25) is 11.8 Å². The number of fused-ring (bicyclic) bond motifs is 1. The molecule has 260 valence electrons. The molecule has 4 aromatic carbocycles. The summed E-state index contributed by atoms with van der Waals surface area (Å²) in [6, 6.07) is 27.7. The molecule has 0 aromatic heterocycles. The lowest BCUT2D eigenvalue weighted by Crippen LogP contribution is -2.41. The maximum absolute atomic E-state index is 14.2. The highest BCUT2D eigenvalue weighted by Crippen LogP contribution is 2.52. The lowest BCUT2D eigenvalue weighted by molar-refractivity contribution is -0.126. The molecule has 0 spiro atoms. The van der Waals surface area contributed by atoms with Crippen molar-refractivity contribution in [2.75, 3.05) is 21.3 Å². The van der Waals surface area contributed by atoms with Gasteiger partial charge in [0.25, 0.3) is 0 Å². The predicted octanol–water partition coefficient (Wildman–Crippen LogP) is 6.25. The van der Waals surface area contributed by atoms with E-state index >= 15 is 0 Å². The summed E-state index contributed by atoms with van der Waals surface area (Å²) in [5.74, 6) is 0.547. The minimum Gasteiger partial charge on any atom is -0.493 e. The van der Waals surface area contributed by atoms with E-state index in [0.29, 0.717) is 52.5 Å². The molecule has 9 nitrogen and oxygen atoms in total. The molecule has 0 fully saturated rings. The van der Waals surface area contributed by atoms with Crippen molar-refractivity contribution >= 4 is 24.2 Å². The second kappa shape index (κ2) is 16.7. The van der Waals surface area contributed by atoms with Crippen LogP contribution in [0.3, 0.4) is 0 Å². The van der Waals surface area contributed by atoms with Crippen LogP contribution in [-0.2, 0) is 27.2 Å². The normalized spacial score (nSPS) is 16.2. The molecule has 5 rings (SSSR count). The van der Waals surface area contributed by atoms with Crippen molar-refractivity contribution in [1.29, 1.82) is 0 Å². The van der Waals surface area contributed by atoms with E-state index in [1.165, 1.54) is 20.3 Å². The topological polar surface area (TPSA) is 112 Å². The standard InChI is InChI=1S/C41H44N2O7/c1-26(2)33(22-28-14-10-7-11-15-28)43-37(45)19-16-29-21-32-38(41(46)42-31(25-44)20-27-12-8-6-9-13-27)39(50-40(32)36(23-29)49-5)30-17-18-34(47-3)35(24-30)48-4/h6-19,21,23-26,31,33,38-39H,20,22H2,1-5H3,(H,42,46)(H,43,45)/b19-16+. The van der Waals surface area contributed by atoms with Crippen molar-refractivity contribution in [1.82, 2.24) is 10.6 Å². The fourth-order valence-corrected chi connectivity index (χ4v) is 6.18. The van der Waals surface area contributed by atoms with E-state index in [2.05, 4.69) is 36.6 Å². The van der Waals surface area contributed by atoms with E-state index in [0.717, 1.165) is 17.4 Å². The van der Waals surface area contributed by atoms with Gasteiger partial charge in [0.15, 0.2) is 23.0 Å². The molecule has 0 radical (unpaired) electrons. The molecular formula is C41H44N2O7. The zero-order valence-electron chi connectivity index (χ0n) is 29.1. The number of aldehydes is 1. The molecule has 4 unspecified atom stereocenters. The van der Waals surface area contributed by atoms with Crippen molar-refractivity contribution in [2.45, 2.75) is 50.8 Å². The molecule has 0 aliphatic carbocycles. The molecule has 0 bridgehead atoms. The summed E-state index contributed by atoms with van der Waals surface area (Å²) in [6.45, 7) is 4.16. The van der Waals surface area contributed by atoms with Crippen molar-refractivity contribution < 1.29 is 33.3 Å². The number of amides is 2. The number of rotatable bonds is 15. The largest absolute Gasteiger partial charge is 0.493 e. The van der Waals surface area contributed by atoms with E-state index in [1.54, 1.807) is 31.4 Å². The van der Waals surface area contributed by atoms with Crippen LogP contribution >= 0.6 is 0 Å². The van der Waals surface area contributed by atoms with E-state index in [9.17, 15) is 14.4 Å². The zero-order chi connectivity index (χ0) is 35.6. The summed E-state index contributed by atoms with van der Waals surface area (Å²) in [5, 5.41) is 6.08.